The van der Waals surface area contributed by atoms with Crippen molar-refractivity contribution < 1.29 is 12.8 Å². The van der Waals surface area contributed by atoms with Crippen molar-refractivity contribution in [3.63, 3.8) is 0 Å². The van der Waals surface area contributed by atoms with Gasteiger partial charge in [-0.3, -0.25) is 4.90 Å². The molecule has 1 aliphatic rings. The third-order valence-electron chi connectivity index (χ3n) is 3.84. The largest absolute Gasteiger partial charge is 0.439 e. The van der Waals surface area contributed by atoms with Gasteiger partial charge in [0.2, 0.25) is 5.89 Å². The number of benzene rings is 1. The van der Waals surface area contributed by atoms with E-state index in [1.165, 1.54) is 0 Å². The lowest BCUT2D eigenvalue weighted by Crippen LogP contribution is -2.46. The molecule has 5 nitrogen and oxygen atoms in total. The monoisotopic (exact) mass is 340 g/mol. The molecule has 0 aliphatic carbocycles. The highest BCUT2D eigenvalue weighted by Gasteiger charge is 2.29. The Morgan fingerprint density at radius 1 is 1.41 bits per heavy atom. The molecule has 3 rings (SSSR count). The van der Waals surface area contributed by atoms with Crippen molar-refractivity contribution in [3.8, 4) is 11.3 Å². The number of oxazole rings is 1. The molecule has 1 aliphatic heterocycles. The van der Waals surface area contributed by atoms with Crippen molar-refractivity contribution in [2.24, 2.45) is 0 Å². The second-order valence-electron chi connectivity index (χ2n) is 5.53. The summed E-state index contributed by atoms with van der Waals surface area (Å²) in [7, 11) is -2.91. The van der Waals surface area contributed by atoms with Crippen molar-refractivity contribution in [2.75, 3.05) is 18.1 Å². The van der Waals surface area contributed by atoms with Crippen LogP contribution in [0.25, 0.3) is 11.3 Å². The SMILES string of the molecule is CC1CS(=O)(=O)CCN1Cc1ncc(-c2ccccc2Cl)o1. The smallest absolute Gasteiger partial charge is 0.209 e. The first-order valence-electron chi connectivity index (χ1n) is 7.09. The van der Waals surface area contributed by atoms with Crippen molar-refractivity contribution in [1.29, 1.82) is 0 Å². The van der Waals surface area contributed by atoms with Crippen LogP contribution in [0.1, 0.15) is 12.8 Å². The molecule has 2 aromatic rings. The van der Waals surface area contributed by atoms with Crippen LogP contribution in [0.4, 0.5) is 0 Å². The maximum Gasteiger partial charge on any atom is 0.209 e. The molecule has 1 aromatic carbocycles. The first kappa shape index (κ1) is 15.5. The standard InChI is InChI=1S/C15H17ClN2O3S/c1-11-10-22(19,20)7-6-18(11)9-15-17-8-14(21-15)12-4-2-3-5-13(12)16/h2-5,8,11H,6-7,9-10H2,1H3. The number of halogens is 1. The molecule has 0 N–H and O–H groups in total. The third-order valence-corrected chi connectivity index (χ3v) is 5.96. The van der Waals surface area contributed by atoms with E-state index in [1.807, 2.05) is 25.1 Å². The Balaban J connectivity index is 1.74. The fourth-order valence-electron chi connectivity index (χ4n) is 2.61. The molecule has 7 heteroatoms. The lowest BCUT2D eigenvalue weighted by molar-refractivity contribution is 0.198. The topological polar surface area (TPSA) is 63.4 Å². The molecule has 0 amide bonds. The molecule has 1 fully saturated rings. The van der Waals surface area contributed by atoms with Crippen LogP contribution in [0.5, 0.6) is 0 Å². The summed E-state index contributed by atoms with van der Waals surface area (Å²) in [5.41, 5.74) is 0.803. The summed E-state index contributed by atoms with van der Waals surface area (Å²) in [4.78, 5) is 6.35. The molecule has 2 heterocycles. The lowest BCUT2D eigenvalue weighted by atomic mass is 10.2. The molecule has 0 spiro atoms. The van der Waals surface area contributed by atoms with E-state index in [-0.39, 0.29) is 17.5 Å². The number of nitrogens with zero attached hydrogens (tertiary/aromatic N) is 2. The molecule has 0 bridgehead atoms. The van der Waals surface area contributed by atoms with E-state index in [1.54, 1.807) is 12.3 Å². The Morgan fingerprint density at radius 2 is 2.18 bits per heavy atom. The van der Waals surface area contributed by atoms with Crippen LogP contribution in [-0.4, -0.2) is 42.4 Å². The fourth-order valence-corrected chi connectivity index (χ4v) is 4.46. The maximum absolute atomic E-state index is 11.6. The van der Waals surface area contributed by atoms with Gasteiger partial charge in [-0.2, -0.15) is 0 Å². The quantitative estimate of drug-likeness (QED) is 0.859. The van der Waals surface area contributed by atoms with Gasteiger partial charge in [-0.25, -0.2) is 13.4 Å². The van der Waals surface area contributed by atoms with Crippen LogP contribution in [0.3, 0.4) is 0 Å². The molecule has 22 heavy (non-hydrogen) atoms. The van der Waals surface area contributed by atoms with Crippen molar-refractivity contribution >= 4 is 21.4 Å². The Labute approximate surface area is 134 Å². The van der Waals surface area contributed by atoms with Gasteiger partial charge >= 0.3 is 0 Å². The Hall–Kier alpha value is -1.37. The minimum Gasteiger partial charge on any atom is -0.439 e. The van der Waals surface area contributed by atoms with Crippen LogP contribution in [-0.2, 0) is 16.4 Å². The van der Waals surface area contributed by atoms with E-state index in [0.29, 0.717) is 29.8 Å². The highest BCUT2D eigenvalue weighted by atomic mass is 35.5. The molecule has 1 unspecified atom stereocenters. The van der Waals surface area contributed by atoms with E-state index < -0.39 is 9.84 Å². The summed E-state index contributed by atoms with van der Waals surface area (Å²) >= 11 is 6.15. The van der Waals surface area contributed by atoms with E-state index in [0.717, 1.165) is 5.56 Å². The predicted molar refractivity (Wildman–Crippen MR) is 85.5 cm³/mol. The average molecular weight is 341 g/mol. The summed E-state index contributed by atoms with van der Waals surface area (Å²) < 4.78 is 29.0. The Bertz CT molecular complexity index is 773. The molecule has 1 saturated heterocycles. The summed E-state index contributed by atoms with van der Waals surface area (Å²) in [6.07, 6.45) is 1.65. The van der Waals surface area contributed by atoms with Crippen LogP contribution in [0, 0.1) is 0 Å². The molecular formula is C15H17ClN2O3S. The zero-order chi connectivity index (χ0) is 15.7. The fraction of sp³-hybridized carbons (Fsp3) is 0.400. The van der Waals surface area contributed by atoms with Gasteiger partial charge < -0.3 is 4.42 Å². The normalized spacial score (nSPS) is 21.8. The third kappa shape index (κ3) is 3.34. The number of hydrogen-bond acceptors (Lipinski definition) is 5. The molecule has 1 aromatic heterocycles. The van der Waals surface area contributed by atoms with Gasteiger partial charge in [0.1, 0.15) is 0 Å². The van der Waals surface area contributed by atoms with Gasteiger partial charge in [-0.15, -0.1) is 0 Å². The average Bonchev–Trinajstić information content (AvgIpc) is 2.90. The minimum absolute atomic E-state index is 0.0330. The first-order valence-corrected chi connectivity index (χ1v) is 9.28. The summed E-state index contributed by atoms with van der Waals surface area (Å²) in [6, 6.07) is 7.40. The van der Waals surface area contributed by atoms with Crippen molar-refractivity contribution in [1.82, 2.24) is 9.88 Å². The second kappa shape index (κ2) is 6.02. The van der Waals surface area contributed by atoms with E-state index in [4.69, 9.17) is 16.0 Å². The first-order chi connectivity index (χ1) is 10.4. The van der Waals surface area contributed by atoms with E-state index >= 15 is 0 Å². The number of hydrogen-bond donors (Lipinski definition) is 0. The van der Waals surface area contributed by atoms with E-state index in [2.05, 4.69) is 9.88 Å². The minimum atomic E-state index is -2.91. The number of sulfone groups is 1. The van der Waals surface area contributed by atoms with Crippen LogP contribution in [0.2, 0.25) is 5.02 Å². The van der Waals surface area contributed by atoms with Crippen molar-refractivity contribution in [3.05, 3.63) is 41.4 Å². The molecular weight excluding hydrogens is 324 g/mol. The lowest BCUT2D eigenvalue weighted by Gasteiger charge is -2.31. The number of rotatable bonds is 3. The van der Waals surface area contributed by atoms with Gasteiger partial charge in [-0.1, -0.05) is 23.7 Å². The second-order valence-corrected chi connectivity index (χ2v) is 8.17. The zero-order valence-electron chi connectivity index (χ0n) is 12.2. The van der Waals surface area contributed by atoms with Gasteiger partial charge in [0.15, 0.2) is 15.6 Å². The van der Waals surface area contributed by atoms with Gasteiger partial charge in [-0.05, 0) is 19.1 Å². The summed E-state index contributed by atoms with van der Waals surface area (Å²) in [5.74, 6) is 1.57. The van der Waals surface area contributed by atoms with Gasteiger partial charge in [0.25, 0.3) is 0 Å². The van der Waals surface area contributed by atoms with Gasteiger partial charge in [0, 0.05) is 18.2 Å². The highest BCUT2D eigenvalue weighted by Crippen LogP contribution is 2.28. The summed E-state index contributed by atoms with van der Waals surface area (Å²) in [6.45, 7) is 2.92. The molecule has 0 radical (unpaired) electrons. The predicted octanol–water partition coefficient (Wildman–Crippen LogP) is 2.61. The summed E-state index contributed by atoms with van der Waals surface area (Å²) in [5, 5.41) is 0.614. The molecule has 1 atom stereocenters. The Kier molecular flexibility index (Phi) is 4.25. The van der Waals surface area contributed by atoms with E-state index in [9.17, 15) is 8.42 Å². The van der Waals surface area contributed by atoms with Crippen LogP contribution in [0.15, 0.2) is 34.9 Å². The Morgan fingerprint density at radius 3 is 2.91 bits per heavy atom. The van der Waals surface area contributed by atoms with Crippen LogP contribution >= 0.6 is 11.6 Å². The molecule has 118 valence electrons. The van der Waals surface area contributed by atoms with Crippen LogP contribution < -0.4 is 0 Å². The molecule has 0 saturated carbocycles. The highest BCUT2D eigenvalue weighted by molar-refractivity contribution is 7.91. The zero-order valence-corrected chi connectivity index (χ0v) is 13.8. The van der Waals surface area contributed by atoms with Crippen molar-refractivity contribution in [2.45, 2.75) is 19.5 Å². The maximum atomic E-state index is 11.6. The number of aromatic nitrogens is 1. The van der Waals surface area contributed by atoms with Gasteiger partial charge in [0.05, 0.1) is 29.3 Å².